The maximum atomic E-state index is 12.4. The molecule has 5 heteroatoms. The lowest BCUT2D eigenvalue weighted by Crippen LogP contribution is -2.57. The van der Waals surface area contributed by atoms with Crippen molar-refractivity contribution in [3.8, 4) is 5.88 Å². The summed E-state index contributed by atoms with van der Waals surface area (Å²) < 4.78 is 5.72. The van der Waals surface area contributed by atoms with Crippen molar-refractivity contribution in [2.24, 2.45) is 5.92 Å². The van der Waals surface area contributed by atoms with Gasteiger partial charge in [0.15, 0.2) is 0 Å². The summed E-state index contributed by atoms with van der Waals surface area (Å²) in [6.45, 7) is 5.58. The number of hydrogen-bond donors (Lipinski definition) is 0. The van der Waals surface area contributed by atoms with Gasteiger partial charge in [0.05, 0.1) is 18.1 Å². The number of pyridine rings is 1. The van der Waals surface area contributed by atoms with E-state index in [9.17, 15) is 4.79 Å². The first kappa shape index (κ1) is 16.1. The normalized spacial score (nSPS) is 15.1. The standard InChI is InChI=1S/C16H23ClN2O2/c1-3-5-12(6-4-2)16(20)19-10-14(11-19)21-15-8-7-13(17)9-18-15/h7-9,12,14H,3-6,10-11H2,1-2H3. The predicted molar refractivity (Wildman–Crippen MR) is 83.5 cm³/mol. The van der Waals surface area contributed by atoms with Crippen LogP contribution in [0.2, 0.25) is 5.02 Å². The molecule has 0 aliphatic carbocycles. The fraction of sp³-hybridized carbons (Fsp3) is 0.625. The molecule has 1 aliphatic heterocycles. The number of hydrogen-bond acceptors (Lipinski definition) is 3. The van der Waals surface area contributed by atoms with Crippen LogP contribution in [0.3, 0.4) is 0 Å². The third-order valence-electron chi connectivity index (χ3n) is 3.77. The second-order valence-electron chi connectivity index (χ2n) is 5.57. The Hall–Kier alpha value is -1.29. The van der Waals surface area contributed by atoms with Gasteiger partial charge < -0.3 is 9.64 Å². The molecule has 1 aromatic heterocycles. The zero-order valence-electron chi connectivity index (χ0n) is 12.7. The number of halogens is 1. The van der Waals surface area contributed by atoms with Gasteiger partial charge in [0.25, 0.3) is 0 Å². The minimum absolute atomic E-state index is 0.0477. The smallest absolute Gasteiger partial charge is 0.225 e. The first-order chi connectivity index (χ1) is 10.1. The van der Waals surface area contributed by atoms with Gasteiger partial charge in [0.1, 0.15) is 6.10 Å². The number of aromatic nitrogens is 1. The van der Waals surface area contributed by atoms with E-state index in [-0.39, 0.29) is 17.9 Å². The fourth-order valence-electron chi connectivity index (χ4n) is 2.64. The van der Waals surface area contributed by atoms with E-state index >= 15 is 0 Å². The summed E-state index contributed by atoms with van der Waals surface area (Å²) >= 11 is 5.78. The van der Waals surface area contributed by atoms with Crippen molar-refractivity contribution >= 4 is 17.5 Å². The number of amides is 1. The molecule has 116 valence electrons. The van der Waals surface area contributed by atoms with E-state index < -0.39 is 0 Å². The Labute approximate surface area is 131 Å². The molecule has 1 aliphatic rings. The molecule has 2 heterocycles. The average molecular weight is 311 g/mol. The molecule has 0 aromatic carbocycles. The Bertz CT molecular complexity index is 452. The van der Waals surface area contributed by atoms with Gasteiger partial charge in [-0.1, -0.05) is 38.3 Å². The molecule has 1 fully saturated rings. The van der Waals surface area contributed by atoms with Gasteiger partial charge in [-0.05, 0) is 18.9 Å². The van der Waals surface area contributed by atoms with Crippen LogP contribution in [0.15, 0.2) is 18.3 Å². The third-order valence-corrected chi connectivity index (χ3v) is 3.99. The molecule has 0 bridgehead atoms. The highest BCUT2D eigenvalue weighted by Crippen LogP contribution is 2.23. The van der Waals surface area contributed by atoms with Crippen molar-refractivity contribution in [2.75, 3.05) is 13.1 Å². The SMILES string of the molecule is CCCC(CCC)C(=O)N1CC(Oc2ccc(Cl)cn2)C1. The third kappa shape index (κ3) is 4.34. The molecular formula is C16H23ClN2O2. The zero-order valence-corrected chi connectivity index (χ0v) is 13.5. The van der Waals surface area contributed by atoms with Crippen LogP contribution in [0.1, 0.15) is 39.5 Å². The Morgan fingerprint density at radius 2 is 2.05 bits per heavy atom. The number of rotatable bonds is 7. The molecule has 1 saturated heterocycles. The molecule has 1 amide bonds. The van der Waals surface area contributed by atoms with Crippen molar-refractivity contribution in [1.82, 2.24) is 9.88 Å². The number of likely N-dealkylation sites (tertiary alicyclic amines) is 1. The molecular weight excluding hydrogens is 288 g/mol. The van der Waals surface area contributed by atoms with Gasteiger partial charge in [-0.3, -0.25) is 4.79 Å². The van der Waals surface area contributed by atoms with Crippen molar-refractivity contribution in [2.45, 2.75) is 45.6 Å². The molecule has 1 aromatic rings. The molecule has 21 heavy (non-hydrogen) atoms. The lowest BCUT2D eigenvalue weighted by Gasteiger charge is -2.40. The topological polar surface area (TPSA) is 42.4 Å². The van der Waals surface area contributed by atoms with Crippen molar-refractivity contribution in [1.29, 1.82) is 0 Å². The van der Waals surface area contributed by atoms with Crippen LogP contribution in [0.25, 0.3) is 0 Å². The first-order valence-electron chi connectivity index (χ1n) is 7.71. The summed E-state index contributed by atoms with van der Waals surface area (Å²) in [6.07, 6.45) is 5.68. The average Bonchev–Trinajstić information content (AvgIpc) is 2.43. The first-order valence-corrected chi connectivity index (χ1v) is 8.08. The van der Waals surface area contributed by atoms with Gasteiger partial charge in [0.2, 0.25) is 11.8 Å². The monoisotopic (exact) mass is 310 g/mol. The largest absolute Gasteiger partial charge is 0.471 e. The highest BCUT2D eigenvalue weighted by molar-refractivity contribution is 6.30. The minimum atomic E-state index is 0.0477. The maximum Gasteiger partial charge on any atom is 0.225 e. The number of carbonyl (C=O) groups is 1. The lowest BCUT2D eigenvalue weighted by atomic mass is 9.95. The summed E-state index contributed by atoms with van der Waals surface area (Å²) in [7, 11) is 0. The quantitative estimate of drug-likeness (QED) is 0.773. The lowest BCUT2D eigenvalue weighted by molar-refractivity contribution is -0.145. The Morgan fingerprint density at radius 1 is 1.38 bits per heavy atom. The minimum Gasteiger partial charge on any atom is -0.471 e. The van der Waals surface area contributed by atoms with Crippen LogP contribution in [0.4, 0.5) is 0 Å². The molecule has 4 nitrogen and oxygen atoms in total. The van der Waals surface area contributed by atoms with E-state index in [0.29, 0.717) is 24.0 Å². The predicted octanol–water partition coefficient (Wildman–Crippen LogP) is 3.54. The van der Waals surface area contributed by atoms with Gasteiger partial charge in [-0.25, -0.2) is 4.98 Å². The van der Waals surface area contributed by atoms with Crippen LogP contribution in [0, 0.1) is 5.92 Å². The van der Waals surface area contributed by atoms with E-state index in [1.54, 1.807) is 18.3 Å². The van der Waals surface area contributed by atoms with E-state index in [0.717, 1.165) is 25.7 Å². The van der Waals surface area contributed by atoms with Crippen LogP contribution in [0.5, 0.6) is 5.88 Å². The molecule has 0 radical (unpaired) electrons. The second-order valence-corrected chi connectivity index (χ2v) is 6.01. The van der Waals surface area contributed by atoms with Crippen LogP contribution in [-0.2, 0) is 4.79 Å². The Kier molecular flexibility index (Phi) is 5.85. The van der Waals surface area contributed by atoms with Gasteiger partial charge in [-0.2, -0.15) is 0 Å². The van der Waals surface area contributed by atoms with E-state index in [1.807, 2.05) is 4.90 Å². The zero-order chi connectivity index (χ0) is 15.2. The van der Waals surface area contributed by atoms with Gasteiger partial charge >= 0.3 is 0 Å². The molecule has 0 atom stereocenters. The van der Waals surface area contributed by atoms with E-state index in [2.05, 4.69) is 18.8 Å². The van der Waals surface area contributed by atoms with Crippen LogP contribution >= 0.6 is 11.6 Å². The second kappa shape index (κ2) is 7.64. The van der Waals surface area contributed by atoms with Crippen molar-refractivity contribution < 1.29 is 9.53 Å². The summed E-state index contributed by atoms with van der Waals surface area (Å²) in [5.41, 5.74) is 0. The maximum absolute atomic E-state index is 12.4. The summed E-state index contributed by atoms with van der Waals surface area (Å²) in [5, 5.41) is 0.592. The Balaban J connectivity index is 1.79. The van der Waals surface area contributed by atoms with Crippen LogP contribution in [-0.4, -0.2) is 35.0 Å². The molecule has 0 saturated carbocycles. The summed E-state index contributed by atoms with van der Waals surface area (Å²) in [6, 6.07) is 3.51. The molecule has 0 unspecified atom stereocenters. The van der Waals surface area contributed by atoms with Gasteiger partial charge in [-0.15, -0.1) is 0 Å². The number of ether oxygens (including phenoxy) is 1. The highest BCUT2D eigenvalue weighted by atomic mass is 35.5. The molecule has 0 spiro atoms. The molecule has 0 N–H and O–H groups in total. The van der Waals surface area contributed by atoms with Crippen molar-refractivity contribution in [3.05, 3.63) is 23.4 Å². The van der Waals surface area contributed by atoms with E-state index in [4.69, 9.17) is 16.3 Å². The van der Waals surface area contributed by atoms with Gasteiger partial charge in [0, 0.05) is 18.2 Å². The fourth-order valence-corrected chi connectivity index (χ4v) is 2.75. The molecule has 2 rings (SSSR count). The summed E-state index contributed by atoms with van der Waals surface area (Å²) in [5.74, 6) is 1.02. The number of nitrogens with zero attached hydrogens (tertiary/aromatic N) is 2. The Morgan fingerprint density at radius 3 is 2.57 bits per heavy atom. The summed E-state index contributed by atoms with van der Waals surface area (Å²) in [4.78, 5) is 18.4. The number of carbonyl (C=O) groups excluding carboxylic acids is 1. The highest BCUT2D eigenvalue weighted by Gasteiger charge is 2.35. The van der Waals surface area contributed by atoms with E-state index in [1.165, 1.54) is 0 Å². The van der Waals surface area contributed by atoms with Crippen molar-refractivity contribution in [3.63, 3.8) is 0 Å². The van der Waals surface area contributed by atoms with Crippen LogP contribution < -0.4 is 4.74 Å².